The first kappa shape index (κ1) is 14.9. The summed E-state index contributed by atoms with van der Waals surface area (Å²) in [4.78, 5) is 12.7. The lowest BCUT2D eigenvalue weighted by Crippen LogP contribution is -2.34. The molecule has 0 heterocycles. The number of carbonyl (C=O) groups excluding carboxylic acids is 1. The number of rotatable bonds is 4. The predicted molar refractivity (Wildman–Crippen MR) is 64.0 cm³/mol. The SMILES string of the molecule is CN(CCc1ccc(F)cc1)C(=O)CN.Cl. The number of halogens is 2. The van der Waals surface area contributed by atoms with E-state index < -0.39 is 0 Å². The van der Waals surface area contributed by atoms with Crippen molar-refractivity contribution in [1.29, 1.82) is 0 Å². The molecule has 1 rings (SSSR count). The summed E-state index contributed by atoms with van der Waals surface area (Å²) in [6.07, 6.45) is 0.711. The van der Waals surface area contributed by atoms with Gasteiger partial charge in [0.15, 0.2) is 0 Å². The second-order valence-corrected chi connectivity index (χ2v) is 3.40. The van der Waals surface area contributed by atoms with E-state index in [4.69, 9.17) is 5.73 Å². The Morgan fingerprint density at radius 2 is 1.94 bits per heavy atom. The van der Waals surface area contributed by atoms with Crippen molar-refractivity contribution in [2.45, 2.75) is 6.42 Å². The lowest BCUT2D eigenvalue weighted by molar-refractivity contribution is -0.128. The topological polar surface area (TPSA) is 46.3 Å². The molecule has 0 aromatic heterocycles. The first-order chi connectivity index (χ1) is 7.13. The summed E-state index contributed by atoms with van der Waals surface area (Å²) in [5.74, 6) is -0.331. The zero-order chi connectivity index (χ0) is 11.3. The number of nitrogens with two attached hydrogens (primary N) is 1. The largest absolute Gasteiger partial charge is 0.344 e. The molecule has 0 aliphatic carbocycles. The van der Waals surface area contributed by atoms with Gasteiger partial charge in [0, 0.05) is 13.6 Å². The second-order valence-electron chi connectivity index (χ2n) is 3.40. The maximum Gasteiger partial charge on any atom is 0.236 e. The van der Waals surface area contributed by atoms with Crippen molar-refractivity contribution in [3.63, 3.8) is 0 Å². The molecular weight excluding hydrogens is 231 g/mol. The van der Waals surface area contributed by atoms with Gasteiger partial charge in [-0.2, -0.15) is 0 Å². The predicted octanol–water partition coefficient (Wildman–Crippen LogP) is 1.21. The molecule has 0 bridgehead atoms. The fourth-order valence-corrected chi connectivity index (χ4v) is 1.23. The average Bonchev–Trinajstić information content (AvgIpc) is 2.26. The molecular formula is C11H16ClFN2O. The monoisotopic (exact) mass is 246 g/mol. The van der Waals surface area contributed by atoms with E-state index in [1.165, 1.54) is 12.1 Å². The van der Waals surface area contributed by atoms with Gasteiger partial charge in [-0.25, -0.2) is 4.39 Å². The van der Waals surface area contributed by atoms with Gasteiger partial charge in [0.05, 0.1) is 6.54 Å². The molecule has 5 heteroatoms. The molecule has 0 aliphatic heterocycles. The number of hydrogen-bond donors (Lipinski definition) is 1. The fraction of sp³-hybridized carbons (Fsp3) is 0.364. The summed E-state index contributed by atoms with van der Waals surface area (Å²) in [7, 11) is 1.71. The van der Waals surface area contributed by atoms with Crippen LogP contribution >= 0.6 is 12.4 Å². The standard InChI is InChI=1S/C11H15FN2O.ClH/c1-14(11(15)8-13)7-6-9-2-4-10(12)5-3-9;/h2-5H,6-8,13H2,1H3;1H. The highest BCUT2D eigenvalue weighted by Crippen LogP contribution is 2.03. The van der Waals surface area contributed by atoms with Crippen molar-refractivity contribution in [1.82, 2.24) is 4.90 Å². The van der Waals surface area contributed by atoms with Crippen LogP contribution < -0.4 is 5.73 Å². The smallest absolute Gasteiger partial charge is 0.236 e. The number of benzene rings is 1. The average molecular weight is 247 g/mol. The number of carbonyl (C=O) groups is 1. The van der Waals surface area contributed by atoms with Crippen LogP contribution in [0.25, 0.3) is 0 Å². The van der Waals surface area contributed by atoms with Crippen LogP contribution in [-0.4, -0.2) is 30.9 Å². The molecule has 0 fully saturated rings. The summed E-state index contributed by atoms with van der Waals surface area (Å²) in [5, 5.41) is 0. The maximum absolute atomic E-state index is 12.6. The van der Waals surface area contributed by atoms with Gasteiger partial charge in [-0.1, -0.05) is 12.1 Å². The molecule has 0 radical (unpaired) electrons. The van der Waals surface area contributed by atoms with Crippen LogP contribution in [0.1, 0.15) is 5.56 Å². The van der Waals surface area contributed by atoms with Gasteiger partial charge in [-0.15, -0.1) is 12.4 Å². The van der Waals surface area contributed by atoms with E-state index in [-0.39, 0.29) is 30.7 Å². The van der Waals surface area contributed by atoms with Crippen LogP contribution in [0.3, 0.4) is 0 Å². The zero-order valence-corrected chi connectivity index (χ0v) is 9.97. The molecule has 90 valence electrons. The van der Waals surface area contributed by atoms with Gasteiger partial charge in [0.2, 0.25) is 5.91 Å². The normalized spacial score (nSPS) is 9.44. The molecule has 0 saturated carbocycles. The lowest BCUT2D eigenvalue weighted by Gasteiger charge is -2.15. The van der Waals surface area contributed by atoms with Crippen molar-refractivity contribution in [2.24, 2.45) is 5.73 Å². The van der Waals surface area contributed by atoms with E-state index in [2.05, 4.69) is 0 Å². The Kier molecular flexibility index (Phi) is 6.69. The Labute approximate surface area is 101 Å². The molecule has 1 amide bonds. The molecule has 0 spiro atoms. The minimum absolute atomic E-state index is 0. The molecule has 0 saturated heterocycles. The van der Waals surface area contributed by atoms with Gasteiger partial charge in [-0.05, 0) is 24.1 Å². The van der Waals surface area contributed by atoms with Crippen LogP contribution in [-0.2, 0) is 11.2 Å². The molecule has 0 aliphatic rings. The van der Waals surface area contributed by atoms with Crippen molar-refractivity contribution in [3.8, 4) is 0 Å². The number of hydrogen-bond acceptors (Lipinski definition) is 2. The molecule has 0 unspecified atom stereocenters. The summed E-state index contributed by atoms with van der Waals surface area (Å²) in [6, 6.07) is 6.27. The van der Waals surface area contributed by atoms with Gasteiger partial charge in [0.25, 0.3) is 0 Å². The summed E-state index contributed by atoms with van der Waals surface area (Å²) in [5.41, 5.74) is 6.23. The van der Waals surface area contributed by atoms with Crippen LogP contribution in [0.5, 0.6) is 0 Å². The van der Waals surface area contributed by atoms with Gasteiger partial charge >= 0.3 is 0 Å². The quantitative estimate of drug-likeness (QED) is 0.868. The Balaban J connectivity index is 0.00000225. The maximum atomic E-state index is 12.6. The van der Waals surface area contributed by atoms with Crippen LogP contribution in [0, 0.1) is 5.82 Å². The second kappa shape index (κ2) is 7.19. The molecule has 0 atom stereocenters. The highest BCUT2D eigenvalue weighted by Gasteiger charge is 2.05. The van der Waals surface area contributed by atoms with Gasteiger partial charge in [0.1, 0.15) is 5.82 Å². The number of likely N-dealkylation sites (N-methyl/N-ethyl adjacent to an activating group) is 1. The minimum Gasteiger partial charge on any atom is -0.344 e. The zero-order valence-electron chi connectivity index (χ0n) is 9.15. The third-order valence-corrected chi connectivity index (χ3v) is 2.25. The van der Waals surface area contributed by atoms with E-state index in [1.54, 1.807) is 24.1 Å². The van der Waals surface area contributed by atoms with E-state index in [1.807, 2.05) is 0 Å². The number of nitrogens with zero attached hydrogens (tertiary/aromatic N) is 1. The van der Waals surface area contributed by atoms with Crippen molar-refractivity contribution >= 4 is 18.3 Å². The molecule has 3 nitrogen and oxygen atoms in total. The summed E-state index contributed by atoms with van der Waals surface area (Å²) in [6.45, 7) is 0.627. The summed E-state index contributed by atoms with van der Waals surface area (Å²) >= 11 is 0. The molecule has 16 heavy (non-hydrogen) atoms. The van der Waals surface area contributed by atoms with Crippen LogP contribution in [0.2, 0.25) is 0 Å². The van der Waals surface area contributed by atoms with Crippen molar-refractivity contribution in [3.05, 3.63) is 35.6 Å². The summed E-state index contributed by atoms with van der Waals surface area (Å²) < 4.78 is 12.6. The van der Waals surface area contributed by atoms with Gasteiger partial charge < -0.3 is 10.6 Å². The molecule has 1 aromatic carbocycles. The molecule has 2 N–H and O–H groups in total. The van der Waals surface area contributed by atoms with Crippen LogP contribution in [0.15, 0.2) is 24.3 Å². The minimum atomic E-state index is -0.245. The highest BCUT2D eigenvalue weighted by molar-refractivity contribution is 5.85. The lowest BCUT2D eigenvalue weighted by atomic mass is 10.1. The highest BCUT2D eigenvalue weighted by atomic mass is 35.5. The Bertz CT molecular complexity index is 329. The van der Waals surface area contributed by atoms with Crippen molar-refractivity contribution < 1.29 is 9.18 Å². The first-order valence-corrected chi connectivity index (χ1v) is 4.82. The van der Waals surface area contributed by atoms with E-state index in [9.17, 15) is 9.18 Å². The Morgan fingerprint density at radius 3 is 2.44 bits per heavy atom. The first-order valence-electron chi connectivity index (χ1n) is 4.82. The van der Waals surface area contributed by atoms with Gasteiger partial charge in [-0.3, -0.25) is 4.79 Å². The third-order valence-electron chi connectivity index (χ3n) is 2.25. The third kappa shape index (κ3) is 4.59. The van der Waals surface area contributed by atoms with Crippen LogP contribution in [0.4, 0.5) is 4.39 Å². The van der Waals surface area contributed by atoms with Crippen molar-refractivity contribution in [2.75, 3.05) is 20.1 Å². The number of amides is 1. The fourth-order valence-electron chi connectivity index (χ4n) is 1.23. The van der Waals surface area contributed by atoms with E-state index in [0.29, 0.717) is 13.0 Å². The Hall–Kier alpha value is -1.13. The van der Waals surface area contributed by atoms with E-state index in [0.717, 1.165) is 5.56 Å². The molecule has 1 aromatic rings. The van der Waals surface area contributed by atoms with E-state index >= 15 is 0 Å². The Morgan fingerprint density at radius 1 is 1.38 bits per heavy atom.